The first-order valence-electron chi connectivity index (χ1n) is 11.9. The molecular weight excluding hydrogens is 466 g/mol. The number of aryl methyl sites for hydroxylation is 1. The molecule has 4 atom stereocenters. The topological polar surface area (TPSA) is 134 Å². The normalized spacial score (nSPS) is 27.6. The van der Waals surface area contributed by atoms with Crippen molar-refractivity contribution in [3.8, 4) is 11.5 Å². The maximum absolute atomic E-state index is 13.9. The quantitative estimate of drug-likeness (QED) is 0.540. The zero-order valence-corrected chi connectivity index (χ0v) is 19.8. The molecule has 0 aromatic heterocycles. The number of nitrogens with zero attached hydrogens (tertiary/aromatic N) is 1. The third-order valence-corrected chi connectivity index (χ3v) is 7.96. The van der Waals surface area contributed by atoms with E-state index in [0.29, 0.717) is 28.3 Å². The number of benzene rings is 2. The number of hydrogen-bond donors (Lipinski definition) is 3. The summed E-state index contributed by atoms with van der Waals surface area (Å²) >= 11 is 0. The van der Waals surface area contributed by atoms with E-state index in [1.165, 1.54) is 4.90 Å². The Morgan fingerprint density at radius 1 is 1.11 bits per heavy atom. The number of carboxylic acids is 1. The minimum atomic E-state index is -1.45. The third-order valence-electron chi connectivity index (χ3n) is 7.96. The first-order valence-corrected chi connectivity index (χ1v) is 11.9. The van der Waals surface area contributed by atoms with Gasteiger partial charge in [-0.1, -0.05) is 18.2 Å². The number of amides is 3. The second-order valence-electron chi connectivity index (χ2n) is 9.83. The van der Waals surface area contributed by atoms with E-state index < -0.39 is 47.1 Å². The first kappa shape index (κ1) is 22.5. The number of carboxylic acid groups (broad SMARTS) is 1. The lowest BCUT2D eigenvalue weighted by atomic mass is 9.76. The summed E-state index contributed by atoms with van der Waals surface area (Å²) in [6.07, 6.45) is -0.0788. The highest BCUT2D eigenvalue weighted by molar-refractivity contribution is 6.15. The summed E-state index contributed by atoms with van der Waals surface area (Å²) in [6.45, 7) is 3.96. The number of imide groups is 1. The largest absolute Gasteiger partial charge is 0.481 e. The summed E-state index contributed by atoms with van der Waals surface area (Å²) in [4.78, 5) is 53.7. The van der Waals surface area contributed by atoms with Crippen molar-refractivity contribution >= 4 is 29.4 Å². The summed E-state index contributed by atoms with van der Waals surface area (Å²) in [7, 11) is 0. The molecule has 1 spiro atoms. The molecule has 4 aliphatic rings. The molecule has 3 N–H and O–H groups in total. The first-order chi connectivity index (χ1) is 17.2. The Hall–Kier alpha value is -3.92. The van der Waals surface area contributed by atoms with Gasteiger partial charge in [-0.2, -0.15) is 0 Å². The predicted molar refractivity (Wildman–Crippen MR) is 125 cm³/mol. The van der Waals surface area contributed by atoms with Crippen molar-refractivity contribution in [1.29, 1.82) is 0 Å². The number of hydrogen-bond acceptors (Lipinski definition) is 7. The standard InChI is InChI=1S/C26H25N3O7/c1-12-3-5-15-22(13(12)2)27-25(34)26(15)21-20(16(28-26)6-8-19(30)31)23(32)29(24(21)33)10-14-4-7-17-18(9-14)36-11-35-17/h3-5,7,9,16,20-21,28H,6,8,10-11H2,1-2H3,(H,27,34)(H,30,31)/t16-,20-,21-,26-/m1/s1. The average Bonchev–Trinajstić information content (AvgIpc) is 3.57. The molecule has 6 rings (SSSR count). The smallest absolute Gasteiger partial charge is 0.303 e. The van der Waals surface area contributed by atoms with Gasteiger partial charge in [0.1, 0.15) is 5.54 Å². The van der Waals surface area contributed by atoms with E-state index in [2.05, 4.69) is 10.6 Å². The number of fused-ring (bicyclic) bond motifs is 5. The number of carbonyl (C=O) groups excluding carboxylic acids is 3. The van der Waals surface area contributed by atoms with Crippen LogP contribution in [0.3, 0.4) is 0 Å². The number of aliphatic carboxylic acids is 1. The van der Waals surface area contributed by atoms with Gasteiger partial charge in [-0.25, -0.2) is 0 Å². The molecule has 2 aromatic carbocycles. The Labute approximate surface area is 206 Å². The Bertz CT molecular complexity index is 1360. The molecule has 2 fully saturated rings. The Morgan fingerprint density at radius 2 is 1.89 bits per heavy atom. The summed E-state index contributed by atoms with van der Waals surface area (Å²) < 4.78 is 10.8. The number of likely N-dealkylation sites (tertiary alicyclic amines) is 1. The van der Waals surface area contributed by atoms with E-state index in [1.807, 2.05) is 26.0 Å². The van der Waals surface area contributed by atoms with Crippen LogP contribution in [0.25, 0.3) is 0 Å². The zero-order chi connectivity index (χ0) is 25.4. The summed E-state index contributed by atoms with van der Waals surface area (Å²) in [5, 5.41) is 15.5. The van der Waals surface area contributed by atoms with E-state index >= 15 is 0 Å². The molecule has 186 valence electrons. The molecule has 0 radical (unpaired) electrons. The van der Waals surface area contributed by atoms with Crippen molar-refractivity contribution in [3.05, 3.63) is 52.6 Å². The van der Waals surface area contributed by atoms with Gasteiger partial charge in [0.15, 0.2) is 11.5 Å². The van der Waals surface area contributed by atoms with Crippen LogP contribution in [0.4, 0.5) is 5.69 Å². The van der Waals surface area contributed by atoms with E-state index in [0.717, 1.165) is 11.1 Å². The number of rotatable bonds is 5. The van der Waals surface area contributed by atoms with Gasteiger partial charge in [0.2, 0.25) is 24.5 Å². The van der Waals surface area contributed by atoms with E-state index in [4.69, 9.17) is 9.47 Å². The van der Waals surface area contributed by atoms with Crippen molar-refractivity contribution < 1.29 is 33.8 Å². The monoisotopic (exact) mass is 491 g/mol. The molecule has 10 heteroatoms. The van der Waals surface area contributed by atoms with Gasteiger partial charge in [0.05, 0.1) is 18.4 Å². The van der Waals surface area contributed by atoms with Crippen LogP contribution < -0.4 is 20.1 Å². The van der Waals surface area contributed by atoms with Crippen molar-refractivity contribution in [3.63, 3.8) is 0 Å². The van der Waals surface area contributed by atoms with Crippen LogP contribution >= 0.6 is 0 Å². The van der Waals surface area contributed by atoms with E-state index in [-0.39, 0.29) is 26.2 Å². The molecule has 10 nitrogen and oxygen atoms in total. The van der Waals surface area contributed by atoms with Gasteiger partial charge < -0.3 is 19.9 Å². The van der Waals surface area contributed by atoms with Crippen LogP contribution in [0.15, 0.2) is 30.3 Å². The van der Waals surface area contributed by atoms with Crippen LogP contribution in [0.2, 0.25) is 0 Å². The van der Waals surface area contributed by atoms with Crippen LogP contribution in [-0.4, -0.2) is 46.5 Å². The highest BCUT2D eigenvalue weighted by Gasteiger charge is 2.70. The second-order valence-corrected chi connectivity index (χ2v) is 9.83. The molecular formula is C26H25N3O7. The predicted octanol–water partition coefficient (Wildman–Crippen LogP) is 1.82. The van der Waals surface area contributed by atoms with Gasteiger partial charge in [-0.15, -0.1) is 0 Å². The van der Waals surface area contributed by atoms with Gasteiger partial charge in [0, 0.05) is 23.7 Å². The fourth-order valence-corrected chi connectivity index (χ4v) is 6.08. The molecule has 3 amide bonds. The average molecular weight is 492 g/mol. The molecule has 2 aromatic rings. The van der Waals surface area contributed by atoms with Gasteiger partial charge in [-0.05, 0) is 49.1 Å². The second kappa shape index (κ2) is 7.79. The lowest BCUT2D eigenvalue weighted by Crippen LogP contribution is -2.53. The fourth-order valence-electron chi connectivity index (χ4n) is 6.08. The van der Waals surface area contributed by atoms with E-state index in [9.17, 15) is 24.3 Å². The zero-order valence-electron chi connectivity index (χ0n) is 19.8. The van der Waals surface area contributed by atoms with Crippen molar-refractivity contribution in [2.24, 2.45) is 11.8 Å². The molecule has 0 saturated carbocycles. The molecule has 0 aliphatic carbocycles. The highest BCUT2D eigenvalue weighted by atomic mass is 16.7. The molecule has 4 heterocycles. The number of ether oxygens (including phenoxy) is 2. The van der Waals surface area contributed by atoms with Crippen LogP contribution in [0, 0.1) is 25.7 Å². The van der Waals surface area contributed by atoms with Crippen molar-refractivity contribution in [2.75, 3.05) is 12.1 Å². The third kappa shape index (κ3) is 3.00. The van der Waals surface area contributed by atoms with Gasteiger partial charge in [0.25, 0.3) is 0 Å². The molecule has 0 bridgehead atoms. The Kier molecular flexibility index (Phi) is 4.88. The van der Waals surface area contributed by atoms with Gasteiger partial charge in [-0.3, -0.25) is 29.4 Å². The minimum Gasteiger partial charge on any atom is -0.481 e. The highest BCUT2D eigenvalue weighted by Crippen LogP contribution is 2.54. The minimum absolute atomic E-state index is 0.0183. The summed E-state index contributed by atoms with van der Waals surface area (Å²) in [6, 6.07) is 8.29. The Morgan fingerprint density at radius 3 is 2.67 bits per heavy atom. The molecule has 0 unspecified atom stereocenters. The van der Waals surface area contributed by atoms with Crippen LogP contribution in [0.1, 0.15) is 35.1 Å². The number of nitrogens with one attached hydrogen (secondary N) is 2. The maximum atomic E-state index is 13.9. The maximum Gasteiger partial charge on any atom is 0.303 e. The molecule has 4 aliphatic heterocycles. The summed E-state index contributed by atoms with van der Waals surface area (Å²) in [5.41, 5.74) is 2.38. The Balaban J connectivity index is 1.41. The van der Waals surface area contributed by atoms with Crippen molar-refractivity contribution in [2.45, 2.75) is 44.8 Å². The van der Waals surface area contributed by atoms with Crippen LogP contribution in [0.5, 0.6) is 11.5 Å². The number of anilines is 1. The summed E-state index contributed by atoms with van der Waals surface area (Å²) in [5.74, 6) is -2.97. The number of carbonyl (C=O) groups is 4. The molecule has 36 heavy (non-hydrogen) atoms. The van der Waals surface area contributed by atoms with Crippen molar-refractivity contribution in [1.82, 2.24) is 10.2 Å². The van der Waals surface area contributed by atoms with Crippen LogP contribution in [-0.2, 0) is 31.3 Å². The van der Waals surface area contributed by atoms with Gasteiger partial charge >= 0.3 is 5.97 Å². The SMILES string of the molecule is Cc1ccc2c(c1C)NC(=O)[C@@]21N[C@H](CCC(=O)O)[C@H]2C(=O)N(Cc3ccc4c(c3)OCO4)C(=O)[C@@H]21. The lowest BCUT2D eigenvalue weighted by Gasteiger charge is -2.29. The lowest BCUT2D eigenvalue weighted by molar-refractivity contribution is -0.144. The molecule has 2 saturated heterocycles. The fraction of sp³-hybridized carbons (Fsp3) is 0.385. The van der Waals surface area contributed by atoms with E-state index in [1.54, 1.807) is 18.2 Å².